The summed E-state index contributed by atoms with van der Waals surface area (Å²) in [7, 11) is 3.12. The van der Waals surface area contributed by atoms with Gasteiger partial charge in [-0.1, -0.05) is 23.8 Å². The summed E-state index contributed by atoms with van der Waals surface area (Å²) in [5.74, 6) is 0.706. The van der Waals surface area contributed by atoms with Crippen LogP contribution < -0.4 is 20.1 Å². The average molecular weight is 468 g/mol. The van der Waals surface area contributed by atoms with E-state index in [1.165, 1.54) is 6.92 Å². The van der Waals surface area contributed by atoms with Gasteiger partial charge in [-0.3, -0.25) is 14.4 Å². The molecule has 0 aliphatic carbocycles. The number of amides is 3. The number of hydrogen-bond acceptors (Lipinski definition) is 5. The summed E-state index contributed by atoms with van der Waals surface area (Å²) < 4.78 is 10.7. The Balaban J connectivity index is 1.61. The van der Waals surface area contributed by atoms with Gasteiger partial charge in [-0.25, -0.2) is 0 Å². The summed E-state index contributed by atoms with van der Waals surface area (Å²) in [4.78, 5) is 39.5. The van der Waals surface area contributed by atoms with Crippen LogP contribution in [0.4, 0.5) is 0 Å². The molecule has 0 aromatic heterocycles. The minimum Gasteiger partial charge on any atom is -0.497 e. The zero-order valence-electron chi connectivity index (χ0n) is 20.2. The molecule has 1 aliphatic heterocycles. The van der Waals surface area contributed by atoms with Crippen molar-refractivity contribution >= 4 is 17.7 Å². The lowest BCUT2D eigenvalue weighted by atomic mass is 10.0. The van der Waals surface area contributed by atoms with Gasteiger partial charge in [0.25, 0.3) is 5.91 Å². The quantitative estimate of drug-likeness (QED) is 0.622. The molecule has 2 aromatic carbocycles. The fourth-order valence-corrected chi connectivity index (χ4v) is 4.18. The van der Waals surface area contributed by atoms with Crippen LogP contribution in [0.3, 0.4) is 0 Å². The number of rotatable bonds is 8. The van der Waals surface area contributed by atoms with Crippen LogP contribution in [0.2, 0.25) is 0 Å². The van der Waals surface area contributed by atoms with Gasteiger partial charge >= 0.3 is 0 Å². The maximum Gasteiger partial charge on any atom is 0.253 e. The molecule has 3 rings (SSSR count). The number of carbonyl (C=O) groups excluding carboxylic acids is 3. The first kappa shape index (κ1) is 25.1. The summed E-state index contributed by atoms with van der Waals surface area (Å²) in [5, 5.41) is 5.80. The fourth-order valence-electron chi connectivity index (χ4n) is 4.18. The first-order chi connectivity index (χ1) is 16.3. The third-order valence-electron chi connectivity index (χ3n) is 6.01. The van der Waals surface area contributed by atoms with Crippen molar-refractivity contribution in [2.75, 3.05) is 27.3 Å². The van der Waals surface area contributed by atoms with Crippen LogP contribution >= 0.6 is 0 Å². The molecule has 182 valence electrons. The molecule has 1 atom stereocenters. The highest BCUT2D eigenvalue weighted by Gasteiger charge is 2.28. The molecular formula is C26H33N3O5. The minimum absolute atomic E-state index is 0.0104. The van der Waals surface area contributed by atoms with Crippen molar-refractivity contribution in [2.24, 2.45) is 0 Å². The molecule has 0 saturated carbocycles. The molecule has 0 radical (unpaired) electrons. The topological polar surface area (TPSA) is 97.0 Å². The molecule has 1 aliphatic rings. The summed E-state index contributed by atoms with van der Waals surface area (Å²) in [6.45, 7) is 4.48. The predicted octanol–water partition coefficient (Wildman–Crippen LogP) is 2.48. The van der Waals surface area contributed by atoms with Crippen molar-refractivity contribution in [1.29, 1.82) is 0 Å². The van der Waals surface area contributed by atoms with Crippen LogP contribution in [0.1, 0.15) is 41.3 Å². The second kappa shape index (κ2) is 11.5. The van der Waals surface area contributed by atoms with Gasteiger partial charge in [0.15, 0.2) is 0 Å². The Bertz CT molecular complexity index is 1030. The molecule has 1 fully saturated rings. The van der Waals surface area contributed by atoms with E-state index < -0.39 is 6.04 Å². The normalized spacial score (nSPS) is 14.8. The molecular weight excluding hydrogens is 434 g/mol. The van der Waals surface area contributed by atoms with Gasteiger partial charge in [-0.2, -0.15) is 0 Å². The molecule has 2 N–H and O–H groups in total. The van der Waals surface area contributed by atoms with Gasteiger partial charge in [0.1, 0.15) is 17.5 Å². The van der Waals surface area contributed by atoms with Crippen LogP contribution in [0, 0.1) is 6.92 Å². The number of hydrogen-bond donors (Lipinski definition) is 2. The maximum absolute atomic E-state index is 13.1. The Hall–Kier alpha value is -3.55. The molecule has 0 bridgehead atoms. The zero-order chi connectivity index (χ0) is 24.7. The smallest absolute Gasteiger partial charge is 0.253 e. The fraction of sp³-hybridized carbons (Fsp3) is 0.423. The number of piperidine rings is 1. The molecule has 3 amide bonds. The highest BCUT2D eigenvalue weighted by molar-refractivity contribution is 5.94. The van der Waals surface area contributed by atoms with Crippen LogP contribution in [0.5, 0.6) is 11.5 Å². The summed E-state index contributed by atoms with van der Waals surface area (Å²) in [5.41, 5.74) is 2.52. The van der Waals surface area contributed by atoms with E-state index in [4.69, 9.17) is 9.47 Å². The Morgan fingerprint density at radius 2 is 1.79 bits per heavy atom. The van der Waals surface area contributed by atoms with Gasteiger partial charge in [0, 0.05) is 44.1 Å². The zero-order valence-corrected chi connectivity index (χ0v) is 20.2. The number of aryl methyl sites for hydroxylation is 1. The van der Waals surface area contributed by atoms with E-state index in [-0.39, 0.29) is 30.2 Å². The number of carbonyl (C=O) groups is 3. The number of ether oxygens (including phenoxy) is 2. The van der Waals surface area contributed by atoms with E-state index in [2.05, 4.69) is 10.6 Å². The van der Waals surface area contributed by atoms with E-state index >= 15 is 0 Å². The summed E-state index contributed by atoms with van der Waals surface area (Å²) in [6, 6.07) is 12.1. The molecule has 0 spiro atoms. The summed E-state index contributed by atoms with van der Waals surface area (Å²) in [6.07, 6.45) is 1.59. The third-order valence-corrected chi connectivity index (χ3v) is 6.01. The number of likely N-dealkylation sites (tertiary alicyclic amines) is 1. The molecule has 1 saturated heterocycles. The molecule has 34 heavy (non-hydrogen) atoms. The molecule has 2 aromatic rings. The predicted molar refractivity (Wildman–Crippen MR) is 129 cm³/mol. The molecule has 0 unspecified atom stereocenters. The molecule has 8 nitrogen and oxygen atoms in total. The van der Waals surface area contributed by atoms with E-state index in [1.807, 2.05) is 42.2 Å². The number of nitrogens with zero attached hydrogens (tertiary/aromatic N) is 1. The third kappa shape index (κ3) is 6.50. The second-order valence-corrected chi connectivity index (χ2v) is 8.58. The van der Waals surface area contributed by atoms with E-state index in [9.17, 15) is 14.4 Å². The van der Waals surface area contributed by atoms with Crippen LogP contribution in [-0.2, 0) is 16.0 Å². The van der Waals surface area contributed by atoms with E-state index in [0.29, 0.717) is 43.0 Å². The minimum atomic E-state index is -0.744. The largest absolute Gasteiger partial charge is 0.497 e. The number of nitrogens with one attached hydrogen (secondary N) is 2. The first-order valence-electron chi connectivity index (χ1n) is 11.4. The Kier molecular flexibility index (Phi) is 8.51. The van der Waals surface area contributed by atoms with Crippen molar-refractivity contribution in [1.82, 2.24) is 15.5 Å². The lowest BCUT2D eigenvalue weighted by Gasteiger charge is -2.33. The van der Waals surface area contributed by atoms with Crippen LogP contribution in [0.15, 0.2) is 42.5 Å². The number of methoxy groups -OCH3 is 2. The van der Waals surface area contributed by atoms with Crippen molar-refractivity contribution < 1.29 is 23.9 Å². The van der Waals surface area contributed by atoms with Crippen molar-refractivity contribution in [3.63, 3.8) is 0 Å². The molecule has 1 heterocycles. The number of benzene rings is 2. The Labute approximate surface area is 200 Å². The lowest BCUT2D eigenvalue weighted by Crippen LogP contribution is -2.53. The molecule has 8 heteroatoms. The maximum atomic E-state index is 13.1. The van der Waals surface area contributed by atoms with E-state index in [1.54, 1.807) is 26.4 Å². The SMILES string of the molecule is COc1ccc(C[C@H](NC(C)=O)C(=O)NC2CCN(C(=O)c3cccc(C)c3)CC2)c(OC)c1. The van der Waals surface area contributed by atoms with Crippen molar-refractivity contribution in [3.8, 4) is 11.5 Å². The summed E-state index contributed by atoms with van der Waals surface area (Å²) >= 11 is 0. The van der Waals surface area contributed by atoms with Crippen molar-refractivity contribution in [3.05, 3.63) is 59.2 Å². The van der Waals surface area contributed by atoms with Gasteiger partial charge in [0.2, 0.25) is 11.8 Å². The highest BCUT2D eigenvalue weighted by Crippen LogP contribution is 2.26. The van der Waals surface area contributed by atoms with Crippen LogP contribution in [0.25, 0.3) is 0 Å². The van der Waals surface area contributed by atoms with Gasteiger partial charge in [0.05, 0.1) is 14.2 Å². The lowest BCUT2D eigenvalue weighted by molar-refractivity contribution is -0.128. The van der Waals surface area contributed by atoms with E-state index in [0.717, 1.165) is 11.1 Å². The Morgan fingerprint density at radius 3 is 2.41 bits per heavy atom. The average Bonchev–Trinajstić information content (AvgIpc) is 2.83. The Morgan fingerprint density at radius 1 is 1.06 bits per heavy atom. The standard InChI is InChI=1S/C26H33N3O5/c1-17-6-5-7-20(14-17)26(32)29-12-10-21(11-13-29)28-25(31)23(27-18(2)30)15-19-8-9-22(33-3)16-24(19)34-4/h5-9,14,16,21,23H,10-13,15H2,1-4H3,(H,27,30)(H,28,31)/t23-/m0/s1. The highest BCUT2D eigenvalue weighted by atomic mass is 16.5. The van der Waals surface area contributed by atoms with Gasteiger partial charge < -0.3 is 25.0 Å². The van der Waals surface area contributed by atoms with Crippen LogP contribution in [-0.4, -0.2) is 62.0 Å². The van der Waals surface area contributed by atoms with Gasteiger partial charge in [-0.15, -0.1) is 0 Å². The second-order valence-electron chi connectivity index (χ2n) is 8.58. The van der Waals surface area contributed by atoms with Gasteiger partial charge in [-0.05, 0) is 43.5 Å². The van der Waals surface area contributed by atoms with Crippen molar-refractivity contribution in [2.45, 2.75) is 45.2 Å². The monoisotopic (exact) mass is 467 g/mol. The first-order valence-corrected chi connectivity index (χ1v) is 11.4.